The van der Waals surface area contributed by atoms with Crippen molar-refractivity contribution in [3.05, 3.63) is 53.6 Å². The molecule has 1 atom stereocenters. The van der Waals surface area contributed by atoms with Gasteiger partial charge < -0.3 is 19.1 Å². The van der Waals surface area contributed by atoms with Gasteiger partial charge in [0.05, 0.1) is 13.2 Å². The number of carbonyl (C=O) groups excluding carboxylic acids is 1. The summed E-state index contributed by atoms with van der Waals surface area (Å²) in [6.07, 6.45) is 1.14. The van der Waals surface area contributed by atoms with Crippen molar-refractivity contribution in [3.63, 3.8) is 0 Å². The van der Waals surface area contributed by atoms with Crippen LogP contribution >= 0.6 is 0 Å². The molecule has 2 aromatic carbocycles. The van der Waals surface area contributed by atoms with Gasteiger partial charge in [0.15, 0.2) is 11.5 Å². The molecule has 0 aromatic heterocycles. The lowest BCUT2D eigenvalue weighted by Crippen LogP contribution is -2.33. The van der Waals surface area contributed by atoms with Crippen LogP contribution in [-0.2, 0) is 11.2 Å². The minimum absolute atomic E-state index is 0.000598. The second-order valence-electron chi connectivity index (χ2n) is 6.32. The number of benzene rings is 2. The number of rotatable bonds is 7. The quantitative estimate of drug-likeness (QED) is 0.754. The third-order valence-electron chi connectivity index (χ3n) is 4.77. The standard InChI is InChI=1S/C21H25NO4/c1-4-22(15(2)17-6-5-7-18(13-17)24-3)21(23)11-9-16-8-10-19-20(12-16)26-14-25-19/h5-8,10,12-13,15H,4,9,11,14H2,1-3H3. The van der Waals surface area contributed by atoms with Crippen LogP contribution in [0.2, 0.25) is 0 Å². The molecule has 1 aliphatic rings. The monoisotopic (exact) mass is 355 g/mol. The Morgan fingerprint density at radius 1 is 1.19 bits per heavy atom. The Hall–Kier alpha value is -2.69. The number of hydrogen-bond acceptors (Lipinski definition) is 4. The average molecular weight is 355 g/mol. The summed E-state index contributed by atoms with van der Waals surface area (Å²) in [4.78, 5) is 14.7. The highest BCUT2D eigenvalue weighted by Crippen LogP contribution is 2.33. The van der Waals surface area contributed by atoms with E-state index in [-0.39, 0.29) is 18.7 Å². The SMILES string of the molecule is CCN(C(=O)CCc1ccc2c(c1)OCO2)C(C)c1cccc(OC)c1. The molecule has 0 fully saturated rings. The van der Waals surface area contributed by atoms with Crippen molar-refractivity contribution in [3.8, 4) is 17.2 Å². The lowest BCUT2D eigenvalue weighted by atomic mass is 10.0. The first-order valence-electron chi connectivity index (χ1n) is 8.94. The van der Waals surface area contributed by atoms with Crippen molar-refractivity contribution in [2.75, 3.05) is 20.4 Å². The van der Waals surface area contributed by atoms with Crippen molar-refractivity contribution < 1.29 is 19.0 Å². The van der Waals surface area contributed by atoms with Crippen molar-refractivity contribution >= 4 is 5.91 Å². The van der Waals surface area contributed by atoms with Gasteiger partial charge in [-0.2, -0.15) is 0 Å². The Bertz CT molecular complexity index is 774. The van der Waals surface area contributed by atoms with E-state index < -0.39 is 0 Å². The first-order chi connectivity index (χ1) is 12.6. The van der Waals surface area contributed by atoms with Gasteiger partial charge in [-0.3, -0.25) is 4.79 Å². The van der Waals surface area contributed by atoms with E-state index in [0.717, 1.165) is 28.4 Å². The molecule has 1 amide bonds. The highest BCUT2D eigenvalue weighted by molar-refractivity contribution is 5.77. The third kappa shape index (κ3) is 3.93. The average Bonchev–Trinajstić information content (AvgIpc) is 3.14. The molecule has 0 aliphatic carbocycles. The van der Waals surface area contributed by atoms with E-state index in [1.165, 1.54) is 0 Å². The van der Waals surface area contributed by atoms with E-state index in [1.807, 2.05) is 54.3 Å². The number of fused-ring (bicyclic) bond motifs is 1. The number of amides is 1. The normalized spacial score (nSPS) is 13.3. The second-order valence-corrected chi connectivity index (χ2v) is 6.32. The third-order valence-corrected chi connectivity index (χ3v) is 4.77. The molecule has 0 N–H and O–H groups in total. The maximum Gasteiger partial charge on any atom is 0.231 e. The molecule has 0 bridgehead atoms. The zero-order chi connectivity index (χ0) is 18.5. The lowest BCUT2D eigenvalue weighted by molar-refractivity contribution is -0.133. The highest BCUT2D eigenvalue weighted by Gasteiger charge is 2.20. The van der Waals surface area contributed by atoms with Gasteiger partial charge >= 0.3 is 0 Å². The van der Waals surface area contributed by atoms with Crippen LogP contribution < -0.4 is 14.2 Å². The Balaban J connectivity index is 1.64. The number of nitrogens with zero attached hydrogens (tertiary/aromatic N) is 1. The predicted octanol–water partition coefficient (Wildman–Crippen LogP) is 3.97. The molecular weight excluding hydrogens is 330 g/mol. The first-order valence-corrected chi connectivity index (χ1v) is 8.94. The van der Waals surface area contributed by atoms with Crippen LogP contribution in [0.3, 0.4) is 0 Å². The molecular formula is C21H25NO4. The van der Waals surface area contributed by atoms with Gasteiger partial charge in [-0.25, -0.2) is 0 Å². The van der Waals surface area contributed by atoms with E-state index >= 15 is 0 Å². The van der Waals surface area contributed by atoms with Crippen molar-refractivity contribution in [2.45, 2.75) is 32.7 Å². The van der Waals surface area contributed by atoms with Gasteiger partial charge in [-0.1, -0.05) is 18.2 Å². The largest absolute Gasteiger partial charge is 0.497 e. The van der Waals surface area contributed by atoms with Crippen LogP contribution in [0.1, 0.15) is 37.4 Å². The van der Waals surface area contributed by atoms with E-state index in [1.54, 1.807) is 7.11 Å². The fourth-order valence-corrected chi connectivity index (χ4v) is 3.24. The van der Waals surface area contributed by atoms with E-state index in [0.29, 0.717) is 19.4 Å². The van der Waals surface area contributed by atoms with Gasteiger partial charge in [0.1, 0.15) is 5.75 Å². The van der Waals surface area contributed by atoms with Crippen LogP contribution in [0.4, 0.5) is 0 Å². The fourth-order valence-electron chi connectivity index (χ4n) is 3.24. The predicted molar refractivity (Wildman–Crippen MR) is 99.7 cm³/mol. The topological polar surface area (TPSA) is 48.0 Å². The summed E-state index contributed by atoms with van der Waals surface area (Å²) in [5.41, 5.74) is 2.15. The fraction of sp³-hybridized carbons (Fsp3) is 0.381. The molecule has 0 saturated carbocycles. The smallest absolute Gasteiger partial charge is 0.231 e. The number of methoxy groups -OCH3 is 1. The minimum Gasteiger partial charge on any atom is -0.497 e. The molecule has 0 saturated heterocycles. The Kier molecular flexibility index (Phi) is 5.66. The molecule has 2 aromatic rings. The summed E-state index contributed by atoms with van der Waals surface area (Å²) < 4.78 is 16.0. The van der Waals surface area contributed by atoms with Crippen LogP contribution in [-0.4, -0.2) is 31.3 Å². The van der Waals surface area contributed by atoms with Crippen molar-refractivity contribution in [1.29, 1.82) is 0 Å². The molecule has 5 heteroatoms. The first kappa shape index (κ1) is 18.1. The van der Waals surface area contributed by atoms with Crippen molar-refractivity contribution in [1.82, 2.24) is 4.90 Å². The summed E-state index contributed by atoms with van der Waals surface area (Å²) in [5.74, 6) is 2.47. The van der Waals surface area contributed by atoms with Crippen LogP contribution in [0, 0.1) is 0 Å². The van der Waals surface area contributed by atoms with Crippen LogP contribution in [0.25, 0.3) is 0 Å². The number of aryl methyl sites for hydroxylation is 1. The van der Waals surface area contributed by atoms with E-state index in [2.05, 4.69) is 6.92 Å². The van der Waals surface area contributed by atoms with Gasteiger partial charge in [0.2, 0.25) is 12.7 Å². The van der Waals surface area contributed by atoms with E-state index in [4.69, 9.17) is 14.2 Å². The molecule has 0 spiro atoms. The van der Waals surface area contributed by atoms with E-state index in [9.17, 15) is 4.79 Å². The number of hydrogen-bond donors (Lipinski definition) is 0. The van der Waals surface area contributed by atoms with Crippen LogP contribution in [0.5, 0.6) is 17.2 Å². The number of carbonyl (C=O) groups is 1. The zero-order valence-electron chi connectivity index (χ0n) is 15.5. The van der Waals surface area contributed by atoms with Crippen molar-refractivity contribution in [2.24, 2.45) is 0 Å². The Labute approximate surface area is 154 Å². The molecule has 3 rings (SSSR count). The Morgan fingerprint density at radius 3 is 2.77 bits per heavy atom. The van der Waals surface area contributed by atoms with Gasteiger partial charge in [-0.05, 0) is 55.7 Å². The molecule has 1 unspecified atom stereocenters. The Morgan fingerprint density at radius 2 is 2.00 bits per heavy atom. The summed E-state index contributed by atoms with van der Waals surface area (Å²) in [5, 5.41) is 0. The molecule has 1 heterocycles. The minimum atomic E-state index is -0.000598. The summed E-state index contributed by atoms with van der Waals surface area (Å²) in [6.45, 7) is 4.99. The molecule has 0 radical (unpaired) electrons. The molecule has 1 aliphatic heterocycles. The maximum atomic E-state index is 12.8. The van der Waals surface area contributed by atoms with Crippen LogP contribution in [0.15, 0.2) is 42.5 Å². The number of ether oxygens (including phenoxy) is 3. The summed E-state index contributed by atoms with van der Waals surface area (Å²) >= 11 is 0. The van der Waals surface area contributed by atoms with Gasteiger partial charge in [-0.15, -0.1) is 0 Å². The second kappa shape index (κ2) is 8.13. The molecule has 26 heavy (non-hydrogen) atoms. The lowest BCUT2D eigenvalue weighted by Gasteiger charge is -2.29. The highest BCUT2D eigenvalue weighted by atomic mass is 16.7. The summed E-state index contributed by atoms with van der Waals surface area (Å²) in [6, 6.07) is 13.7. The summed E-state index contributed by atoms with van der Waals surface area (Å²) in [7, 11) is 1.65. The zero-order valence-corrected chi connectivity index (χ0v) is 15.5. The van der Waals surface area contributed by atoms with Gasteiger partial charge in [0.25, 0.3) is 0 Å². The van der Waals surface area contributed by atoms with Gasteiger partial charge in [0, 0.05) is 13.0 Å². The molecule has 138 valence electrons. The molecule has 5 nitrogen and oxygen atoms in total. The maximum absolute atomic E-state index is 12.8.